The third-order valence-corrected chi connectivity index (χ3v) is 3.59. The van der Waals surface area contributed by atoms with Crippen molar-refractivity contribution in [3.05, 3.63) is 30.3 Å². The van der Waals surface area contributed by atoms with Crippen LogP contribution in [0.1, 0.15) is 19.6 Å². The first-order valence-electron chi connectivity index (χ1n) is 5.81. The molecular weight excluding hydrogens is 268 g/mol. The Hall–Kier alpha value is -1.80. The Morgan fingerprint density at radius 3 is 2.84 bits per heavy atom. The van der Waals surface area contributed by atoms with Crippen molar-refractivity contribution in [2.24, 2.45) is 0 Å². The van der Waals surface area contributed by atoms with Gasteiger partial charge in [-0.05, 0) is 12.1 Å². The second-order valence-electron chi connectivity index (χ2n) is 4.35. The van der Waals surface area contributed by atoms with E-state index in [1.807, 2.05) is 13.8 Å². The van der Waals surface area contributed by atoms with Gasteiger partial charge in [0.05, 0.1) is 18.4 Å². The molecule has 0 aliphatic heterocycles. The molecule has 0 spiro atoms. The van der Waals surface area contributed by atoms with Crippen molar-refractivity contribution in [1.29, 1.82) is 0 Å². The molecule has 104 valence electrons. The predicted octanol–water partition coefficient (Wildman–Crippen LogP) is 1.30. The molecule has 3 N–H and O–H groups in total. The molecule has 0 saturated carbocycles. The van der Waals surface area contributed by atoms with E-state index in [2.05, 4.69) is 20.2 Å². The first-order chi connectivity index (χ1) is 8.97. The van der Waals surface area contributed by atoms with Crippen LogP contribution in [0.3, 0.4) is 0 Å². The zero-order valence-corrected chi connectivity index (χ0v) is 11.5. The first kappa shape index (κ1) is 13.6. The van der Waals surface area contributed by atoms with Crippen LogP contribution in [0.15, 0.2) is 34.0 Å². The van der Waals surface area contributed by atoms with Gasteiger partial charge in [0.25, 0.3) is 10.0 Å². The van der Waals surface area contributed by atoms with E-state index in [0.29, 0.717) is 24.0 Å². The van der Waals surface area contributed by atoms with E-state index in [1.54, 1.807) is 6.07 Å². The number of nitrogens with zero attached hydrogens (tertiary/aromatic N) is 1. The average Bonchev–Trinajstić information content (AvgIpc) is 2.96. The van der Waals surface area contributed by atoms with E-state index in [4.69, 9.17) is 4.42 Å². The quantitative estimate of drug-likeness (QED) is 0.742. The standard InChI is InChI=1S/C11H16N4O3S/c1-8(2)12-7-10-3-4-11(18-10)19(16,17)15-9-5-13-14-6-9/h3-6,8,12,15H,7H2,1-2H3,(H,13,14). The predicted molar refractivity (Wildman–Crippen MR) is 70.1 cm³/mol. The van der Waals surface area contributed by atoms with Gasteiger partial charge in [-0.25, -0.2) is 0 Å². The Morgan fingerprint density at radius 1 is 1.42 bits per heavy atom. The van der Waals surface area contributed by atoms with Crippen LogP contribution >= 0.6 is 0 Å². The van der Waals surface area contributed by atoms with Gasteiger partial charge in [0.1, 0.15) is 5.76 Å². The molecule has 7 nitrogen and oxygen atoms in total. The van der Waals surface area contributed by atoms with Crippen LogP contribution < -0.4 is 10.0 Å². The normalized spacial score (nSPS) is 11.9. The van der Waals surface area contributed by atoms with Crippen LogP contribution in [0, 0.1) is 0 Å². The molecule has 0 bridgehead atoms. The number of furan rings is 1. The van der Waals surface area contributed by atoms with Gasteiger partial charge in [0, 0.05) is 12.2 Å². The van der Waals surface area contributed by atoms with Gasteiger partial charge in [-0.15, -0.1) is 0 Å². The van der Waals surface area contributed by atoms with E-state index in [-0.39, 0.29) is 5.09 Å². The lowest BCUT2D eigenvalue weighted by molar-refractivity contribution is 0.396. The number of aromatic nitrogens is 2. The number of aromatic amines is 1. The highest BCUT2D eigenvalue weighted by Gasteiger charge is 2.19. The molecule has 2 aromatic heterocycles. The minimum atomic E-state index is -3.71. The maximum absolute atomic E-state index is 12.0. The van der Waals surface area contributed by atoms with Crippen molar-refractivity contribution in [3.8, 4) is 0 Å². The lowest BCUT2D eigenvalue weighted by Gasteiger charge is -2.05. The Kier molecular flexibility index (Phi) is 3.91. The summed E-state index contributed by atoms with van der Waals surface area (Å²) in [6.45, 7) is 4.49. The van der Waals surface area contributed by atoms with Crippen molar-refractivity contribution in [3.63, 3.8) is 0 Å². The molecule has 0 saturated heterocycles. The fourth-order valence-electron chi connectivity index (χ4n) is 1.41. The van der Waals surface area contributed by atoms with Gasteiger partial charge >= 0.3 is 0 Å². The summed E-state index contributed by atoms with van der Waals surface area (Å²) in [6, 6.07) is 3.37. The van der Waals surface area contributed by atoms with Crippen LogP contribution in [0.4, 0.5) is 5.69 Å². The van der Waals surface area contributed by atoms with Crippen molar-refractivity contribution in [2.45, 2.75) is 31.5 Å². The maximum Gasteiger partial charge on any atom is 0.295 e. The molecule has 0 amide bonds. The SMILES string of the molecule is CC(C)NCc1ccc(S(=O)(=O)Nc2cn[nH]c2)o1. The smallest absolute Gasteiger partial charge is 0.295 e. The number of nitrogens with one attached hydrogen (secondary N) is 3. The summed E-state index contributed by atoms with van der Waals surface area (Å²) in [7, 11) is -3.71. The monoisotopic (exact) mass is 284 g/mol. The van der Waals surface area contributed by atoms with Gasteiger partial charge in [0.2, 0.25) is 5.09 Å². The van der Waals surface area contributed by atoms with Crippen molar-refractivity contribution >= 4 is 15.7 Å². The summed E-state index contributed by atoms with van der Waals surface area (Å²) in [5, 5.41) is 9.22. The van der Waals surface area contributed by atoms with E-state index in [9.17, 15) is 8.42 Å². The van der Waals surface area contributed by atoms with Gasteiger partial charge in [-0.1, -0.05) is 13.8 Å². The maximum atomic E-state index is 12.0. The molecule has 0 aromatic carbocycles. The molecule has 8 heteroatoms. The average molecular weight is 284 g/mol. The lowest BCUT2D eigenvalue weighted by Crippen LogP contribution is -2.21. The third-order valence-electron chi connectivity index (χ3n) is 2.34. The summed E-state index contributed by atoms with van der Waals surface area (Å²) in [6.07, 6.45) is 2.82. The van der Waals surface area contributed by atoms with Gasteiger partial charge in [-0.3, -0.25) is 9.82 Å². The van der Waals surface area contributed by atoms with E-state index in [0.717, 1.165) is 0 Å². The number of H-pyrrole nitrogens is 1. The van der Waals surface area contributed by atoms with Crippen LogP contribution in [0.25, 0.3) is 0 Å². The molecule has 0 fully saturated rings. The van der Waals surface area contributed by atoms with Crippen LogP contribution in [0.5, 0.6) is 0 Å². The summed E-state index contributed by atoms with van der Waals surface area (Å²) in [4.78, 5) is 0. The molecule has 2 aromatic rings. The summed E-state index contributed by atoms with van der Waals surface area (Å²) in [5.74, 6) is 0.571. The minimum Gasteiger partial charge on any atom is -0.446 e. The Labute approximate surface area is 111 Å². The fourth-order valence-corrected chi connectivity index (χ4v) is 2.40. The molecule has 19 heavy (non-hydrogen) atoms. The molecule has 2 rings (SSSR count). The molecule has 0 aliphatic carbocycles. The number of hydrogen-bond acceptors (Lipinski definition) is 5. The van der Waals surface area contributed by atoms with Crippen molar-refractivity contribution < 1.29 is 12.8 Å². The molecule has 2 heterocycles. The number of anilines is 1. The van der Waals surface area contributed by atoms with Gasteiger partial charge in [-0.2, -0.15) is 13.5 Å². The van der Waals surface area contributed by atoms with Crippen LogP contribution in [0.2, 0.25) is 0 Å². The number of sulfonamides is 1. The molecule has 0 unspecified atom stereocenters. The summed E-state index contributed by atoms with van der Waals surface area (Å²) >= 11 is 0. The van der Waals surface area contributed by atoms with Crippen molar-refractivity contribution in [2.75, 3.05) is 4.72 Å². The van der Waals surface area contributed by atoms with E-state index in [1.165, 1.54) is 18.5 Å². The molecule has 0 aliphatic rings. The summed E-state index contributed by atoms with van der Waals surface area (Å²) in [5.41, 5.74) is 0.359. The zero-order chi connectivity index (χ0) is 13.9. The summed E-state index contributed by atoms with van der Waals surface area (Å²) < 4.78 is 31.6. The number of rotatable bonds is 6. The Bertz CT molecular complexity index is 616. The fraction of sp³-hybridized carbons (Fsp3) is 0.364. The highest BCUT2D eigenvalue weighted by atomic mass is 32.2. The topological polar surface area (TPSA) is 100 Å². The highest BCUT2D eigenvalue weighted by molar-refractivity contribution is 7.92. The highest BCUT2D eigenvalue weighted by Crippen LogP contribution is 2.17. The first-order valence-corrected chi connectivity index (χ1v) is 7.29. The zero-order valence-electron chi connectivity index (χ0n) is 10.7. The largest absolute Gasteiger partial charge is 0.446 e. The Balaban J connectivity index is 2.08. The lowest BCUT2D eigenvalue weighted by atomic mass is 10.3. The van der Waals surface area contributed by atoms with Crippen molar-refractivity contribution in [1.82, 2.24) is 15.5 Å². The van der Waals surface area contributed by atoms with Crippen LogP contribution in [-0.2, 0) is 16.6 Å². The molecular formula is C11H16N4O3S. The number of hydrogen-bond donors (Lipinski definition) is 3. The third kappa shape index (κ3) is 3.58. The second kappa shape index (κ2) is 5.45. The van der Waals surface area contributed by atoms with Crippen LogP contribution in [-0.4, -0.2) is 24.7 Å². The molecule has 0 radical (unpaired) electrons. The van der Waals surface area contributed by atoms with E-state index >= 15 is 0 Å². The van der Waals surface area contributed by atoms with Gasteiger partial charge in [0.15, 0.2) is 0 Å². The molecule has 0 atom stereocenters. The second-order valence-corrected chi connectivity index (χ2v) is 5.96. The van der Waals surface area contributed by atoms with Gasteiger partial charge < -0.3 is 9.73 Å². The minimum absolute atomic E-state index is 0.116. The van der Waals surface area contributed by atoms with E-state index < -0.39 is 10.0 Å². The Morgan fingerprint density at radius 2 is 2.21 bits per heavy atom.